The minimum atomic E-state index is -3.30. The van der Waals surface area contributed by atoms with Crippen molar-refractivity contribution in [3.05, 3.63) is 12.0 Å². The summed E-state index contributed by atoms with van der Waals surface area (Å²) in [6.07, 6.45) is 0. The van der Waals surface area contributed by atoms with E-state index in [2.05, 4.69) is 6.58 Å². The quantitative estimate of drug-likeness (QED) is 0.638. The van der Waals surface area contributed by atoms with E-state index in [0.29, 0.717) is 0 Å². The SMILES string of the molecule is C=CS(=O)(=O)C[C@@H](C)C(N)=O. The Morgan fingerprint density at radius 2 is 2.18 bits per heavy atom. The zero-order valence-corrected chi connectivity index (χ0v) is 7.10. The van der Waals surface area contributed by atoms with E-state index in [1.807, 2.05) is 0 Å². The summed E-state index contributed by atoms with van der Waals surface area (Å²) in [5, 5.41) is 0.826. The number of primary amides is 1. The zero-order chi connectivity index (χ0) is 9.07. The van der Waals surface area contributed by atoms with Crippen LogP contribution in [0.3, 0.4) is 0 Å². The van der Waals surface area contributed by atoms with Crippen LogP contribution in [-0.2, 0) is 14.6 Å². The highest BCUT2D eigenvalue weighted by molar-refractivity contribution is 7.94. The van der Waals surface area contributed by atoms with E-state index < -0.39 is 21.7 Å². The summed E-state index contributed by atoms with van der Waals surface area (Å²) in [5.41, 5.74) is 4.86. The third kappa shape index (κ3) is 3.77. The molecule has 0 unspecified atom stereocenters. The lowest BCUT2D eigenvalue weighted by molar-refractivity contribution is -0.120. The van der Waals surface area contributed by atoms with Crippen molar-refractivity contribution >= 4 is 15.7 Å². The molecule has 1 atom stereocenters. The van der Waals surface area contributed by atoms with Gasteiger partial charge in [0.25, 0.3) is 0 Å². The number of rotatable bonds is 4. The van der Waals surface area contributed by atoms with Crippen molar-refractivity contribution in [2.45, 2.75) is 6.92 Å². The van der Waals surface area contributed by atoms with Crippen molar-refractivity contribution in [2.24, 2.45) is 11.7 Å². The molecule has 0 radical (unpaired) electrons. The van der Waals surface area contributed by atoms with Gasteiger partial charge in [-0.05, 0) is 0 Å². The second-order valence-corrected chi connectivity index (χ2v) is 4.29. The topological polar surface area (TPSA) is 77.2 Å². The summed E-state index contributed by atoms with van der Waals surface area (Å²) >= 11 is 0. The molecule has 64 valence electrons. The summed E-state index contributed by atoms with van der Waals surface area (Å²) in [7, 11) is -3.30. The Bertz CT molecular complexity index is 255. The van der Waals surface area contributed by atoms with Crippen LogP contribution < -0.4 is 5.73 Å². The number of hydrogen-bond acceptors (Lipinski definition) is 3. The molecule has 0 aromatic heterocycles. The molecule has 0 spiro atoms. The number of nitrogens with two attached hydrogens (primary N) is 1. The number of sulfone groups is 1. The Hall–Kier alpha value is -0.840. The molecule has 0 fully saturated rings. The highest BCUT2D eigenvalue weighted by Gasteiger charge is 2.16. The molecule has 0 rings (SSSR count). The number of carbonyl (C=O) groups excluding carboxylic acids is 1. The van der Waals surface area contributed by atoms with Crippen LogP contribution in [0.25, 0.3) is 0 Å². The lowest BCUT2D eigenvalue weighted by Gasteiger charge is -2.03. The summed E-state index contributed by atoms with van der Waals surface area (Å²) in [6, 6.07) is 0. The van der Waals surface area contributed by atoms with E-state index in [1.165, 1.54) is 6.92 Å². The first-order valence-corrected chi connectivity index (χ1v) is 4.75. The predicted octanol–water partition coefficient (Wildman–Crippen LogP) is -0.334. The van der Waals surface area contributed by atoms with Gasteiger partial charge in [-0.1, -0.05) is 13.5 Å². The van der Waals surface area contributed by atoms with Gasteiger partial charge in [0.05, 0.1) is 5.75 Å². The van der Waals surface area contributed by atoms with Gasteiger partial charge in [0.2, 0.25) is 5.91 Å². The smallest absolute Gasteiger partial charge is 0.221 e. The van der Waals surface area contributed by atoms with E-state index in [4.69, 9.17) is 5.73 Å². The Balaban J connectivity index is 4.28. The second-order valence-electron chi connectivity index (χ2n) is 2.30. The molecule has 0 bridgehead atoms. The molecule has 5 heteroatoms. The molecule has 2 N–H and O–H groups in total. The van der Waals surface area contributed by atoms with Crippen molar-refractivity contribution < 1.29 is 13.2 Å². The van der Waals surface area contributed by atoms with Gasteiger partial charge < -0.3 is 5.73 Å². The van der Waals surface area contributed by atoms with E-state index in [9.17, 15) is 13.2 Å². The van der Waals surface area contributed by atoms with E-state index in [-0.39, 0.29) is 5.75 Å². The molecular formula is C6H11NO3S. The summed E-state index contributed by atoms with van der Waals surface area (Å²) < 4.78 is 21.6. The Labute approximate surface area is 66.0 Å². The predicted molar refractivity (Wildman–Crippen MR) is 42.3 cm³/mol. The zero-order valence-electron chi connectivity index (χ0n) is 6.28. The molecule has 0 saturated heterocycles. The Morgan fingerprint density at radius 3 is 2.45 bits per heavy atom. The van der Waals surface area contributed by atoms with Gasteiger partial charge in [0.15, 0.2) is 9.84 Å². The largest absolute Gasteiger partial charge is 0.369 e. The van der Waals surface area contributed by atoms with Crippen molar-refractivity contribution in [3.63, 3.8) is 0 Å². The van der Waals surface area contributed by atoms with Crippen LogP contribution >= 0.6 is 0 Å². The van der Waals surface area contributed by atoms with Crippen molar-refractivity contribution in [3.8, 4) is 0 Å². The molecule has 11 heavy (non-hydrogen) atoms. The van der Waals surface area contributed by atoms with Crippen LogP contribution in [0.15, 0.2) is 12.0 Å². The number of hydrogen-bond donors (Lipinski definition) is 1. The van der Waals surface area contributed by atoms with Gasteiger partial charge >= 0.3 is 0 Å². The standard InChI is InChI=1S/C6H11NO3S/c1-3-11(9,10)4-5(2)6(7)8/h3,5H,1,4H2,2H3,(H2,7,8)/t5-/m1/s1. The van der Waals surface area contributed by atoms with Crippen LogP contribution in [0, 0.1) is 5.92 Å². The van der Waals surface area contributed by atoms with Crippen LogP contribution in [0.5, 0.6) is 0 Å². The van der Waals surface area contributed by atoms with Crippen molar-refractivity contribution in [1.82, 2.24) is 0 Å². The van der Waals surface area contributed by atoms with Gasteiger partial charge in [-0.25, -0.2) is 8.42 Å². The molecule has 0 saturated carbocycles. The Morgan fingerprint density at radius 1 is 1.73 bits per heavy atom. The average Bonchev–Trinajstić information content (AvgIpc) is 1.87. The fraction of sp³-hybridized carbons (Fsp3) is 0.500. The first kappa shape index (κ1) is 10.2. The van der Waals surface area contributed by atoms with Crippen LogP contribution in [0.2, 0.25) is 0 Å². The molecule has 0 aliphatic heterocycles. The lowest BCUT2D eigenvalue weighted by atomic mass is 10.2. The highest BCUT2D eigenvalue weighted by Crippen LogP contribution is 2.01. The minimum absolute atomic E-state index is 0.258. The van der Waals surface area contributed by atoms with E-state index in [0.717, 1.165) is 5.41 Å². The molecule has 0 aromatic rings. The molecular weight excluding hydrogens is 166 g/mol. The maximum absolute atomic E-state index is 10.8. The molecule has 0 aliphatic rings. The third-order valence-corrected chi connectivity index (χ3v) is 2.69. The van der Waals surface area contributed by atoms with Gasteiger partial charge in [-0.3, -0.25) is 4.79 Å². The van der Waals surface area contributed by atoms with Crippen molar-refractivity contribution in [1.29, 1.82) is 0 Å². The normalized spacial score (nSPS) is 13.9. The summed E-state index contributed by atoms with van der Waals surface area (Å²) in [4.78, 5) is 10.4. The number of carbonyl (C=O) groups is 1. The van der Waals surface area contributed by atoms with Crippen molar-refractivity contribution in [2.75, 3.05) is 5.75 Å². The fourth-order valence-corrected chi connectivity index (χ4v) is 1.50. The molecule has 0 heterocycles. The van der Waals surface area contributed by atoms with Crippen LogP contribution in [-0.4, -0.2) is 20.1 Å². The highest BCUT2D eigenvalue weighted by atomic mass is 32.2. The summed E-state index contributed by atoms with van der Waals surface area (Å²) in [6.45, 7) is 4.57. The Kier molecular flexibility index (Phi) is 3.25. The maximum Gasteiger partial charge on any atom is 0.221 e. The fourth-order valence-electron chi connectivity index (χ4n) is 0.499. The van der Waals surface area contributed by atoms with Gasteiger partial charge in [0, 0.05) is 11.3 Å². The molecule has 0 aromatic carbocycles. The van der Waals surface area contributed by atoms with E-state index >= 15 is 0 Å². The van der Waals surface area contributed by atoms with Crippen LogP contribution in [0.1, 0.15) is 6.92 Å². The van der Waals surface area contributed by atoms with Gasteiger partial charge in [0.1, 0.15) is 0 Å². The average molecular weight is 177 g/mol. The summed E-state index contributed by atoms with van der Waals surface area (Å²) in [5.74, 6) is -1.53. The lowest BCUT2D eigenvalue weighted by Crippen LogP contribution is -2.26. The van der Waals surface area contributed by atoms with E-state index in [1.54, 1.807) is 0 Å². The van der Waals surface area contributed by atoms with Gasteiger partial charge in [-0.15, -0.1) is 0 Å². The molecule has 4 nitrogen and oxygen atoms in total. The molecule has 1 amide bonds. The number of amides is 1. The third-order valence-electron chi connectivity index (χ3n) is 1.22. The maximum atomic E-state index is 10.8. The first-order chi connectivity index (χ1) is 4.89. The van der Waals surface area contributed by atoms with Gasteiger partial charge in [-0.2, -0.15) is 0 Å². The molecule has 0 aliphatic carbocycles. The monoisotopic (exact) mass is 177 g/mol. The van der Waals surface area contributed by atoms with Crippen LogP contribution in [0.4, 0.5) is 0 Å². The second kappa shape index (κ2) is 3.52. The first-order valence-electron chi connectivity index (χ1n) is 3.03. The minimum Gasteiger partial charge on any atom is -0.369 e.